The van der Waals surface area contributed by atoms with Crippen LogP contribution in [0.15, 0.2) is 24.3 Å². The van der Waals surface area contributed by atoms with Crippen LogP contribution in [0, 0.1) is 16.7 Å². The lowest BCUT2D eigenvalue weighted by Crippen LogP contribution is -2.45. The van der Waals surface area contributed by atoms with E-state index >= 15 is 0 Å². The van der Waals surface area contributed by atoms with Crippen LogP contribution in [0.4, 0.5) is 9.59 Å². The van der Waals surface area contributed by atoms with Crippen molar-refractivity contribution < 1.29 is 19.2 Å². The van der Waals surface area contributed by atoms with Crippen molar-refractivity contribution in [2.24, 2.45) is 16.9 Å². The highest BCUT2D eigenvalue weighted by Gasteiger charge is 2.44. The second-order valence-electron chi connectivity index (χ2n) is 7.97. The number of hydrogen-bond donors (Lipinski definition) is 2. The summed E-state index contributed by atoms with van der Waals surface area (Å²) in [5, 5.41) is 11.0. The van der Waals surface area contributed by atoms with E-state index in [1.54, 1.807) is 28.8 Å². The molecular weight excluding hydrogens is 410 g/mol. The summed E-state index contributed by atoms with van der Waals surface area (Å²) < 4.78 is 7.22. The van der Waals surface area contributed by atoms with Gasteiger partial charge >= 0.3 is 12.2 Å². The average molecular weight is 432 g/mol. The first-order valence-electron chi connectivity index (χ1n) is 9.18. The predicted octanol–water partition coefficient (Wildman–Crippen LogP) is 3.55. The van der Waals surface area contributed by atoms with E-state index in [0.717, 1.165) is 0 Å². The summed E-state index contributed by atoms with van der Waals surface area (Å²) in [5.74, 6) is 0.153. The smallest absolute Gasteiger partial charge is 0.408 e. The van der Waals surface area contributed by atoms with Crippen LogP contribution in [-0.2, 0) is 11.4 Å². The summed E-state index contributed by atoms with van der Waals surface area (Å²) in [7, 11) is 0. The number of nitrogens with two attached hydrogens (primary N) is 2. The number of primary amides is 2. The van der Waals surface area contributed by atoms with Gasteiger partial charge in [-0.2, -0.15) is 5.26 Å². The van der Waals surface area contributed by atoms with Crippen LogP contribution >= 0.6 is 11.6 Å². The maximum atomic E-state index is 11.8. The SMILES string of the molecule is CC(C)(C)C1c2c(OC(N)=O)c(-c3cccc(C#N)c3)c(Cl)n2CCN1OC(N)=O. The minimum atomic E-state index is -1.02. The van der Waals surface area contributed by atoms with Gasteiger partial charge in [0.1, 0.15) is 5.15 Å². The Morgan fingerprint density at radius 1 is 1.23 bits per heavy atom. The highest BCUT2D eigenvalue weighted by molar-refractivity contribution is 6.33. The first-order chi connectivity index (χ1) is 14.0. The molecule has 1 aliphatic heterocycles. The molecule has 2 aromatic rings. The molecule has 0 aliphatic carbocycles. The van der Waals surface area contributed by atoms with Crippen molar-refractivity contribution in [1.29, 1.82) is 5.26 Å². The van der Waals surface area contributed by atoms with Crippen molar-refractivity contribution in [3.05, 3.63) is 40.7 Å². The molecule has 1 aromatic carbocycles. The van der Waals surface area contributed by atoms with E-state index in [4.69, 9.17) is 32.6 Å². The lowest BCUT2D eigenvalue weighted by molar-refractivity contribution is -0.168. The molecule has 0 radical (unpaired) electrons. The van der Waals surface area contributed by atoms with Crippen molar-refractivity contribution in [2.45, 2.75) is 33.4 Å². The van der Waals surface area contributed by atoms with Crippen LogP contribution in [0.5, 0.6) is 5.75 Å². The van der Waals surface area contributed by atoms with Gasteiger partial charge < -0.3 is 25.6 Å². The fourth-order valence-corrected chi connectivity index (χ4v) is 4.16. The normalized spacial score (nSPS) is 16.4. The molecule has 2 amide bonds. The van der Waals surface area contributed by atoms with Crippen molar-refractivity contribution in [2.75, 3.05) is 6.54 Å². The molecule has 158 valence electrons. The molecule has 1 aliphatic rings. The zero-order valence-electron chi connectivity index (χ0n) is 16.8. The fraction of sp³-hybridized carbons (Fsp3) is 0.350. The number of halogens is 1. The van der Waals surface area contributed by atoms with Gasteiger partial charge in [-0.05, 0) is 23.1 Å². The molecule has 3 rings (SSSR count). The summed E-state index contributed by atoms with van der Waals surface area (Å²) in [6.07, 6.45) is -1.96. The molecule has 0 fully saturated rings. The Balaban J connectivity index is 2.31. The molecule has 4 N–H and O–H groups in total. The topological polar surface area (TPSA) is 137 Å². The number of benzene rings is 1. The minimum absolute atomic E-state index is 0.153. The number of hydrogen-bond acceptors (Lipinski definition) is 6. The number of carbonyl (C=O) groups excluding carboxylic acids is 2. The van der Waals surface area contributed by atoms with Crippen molar-refractivity contribution in [3.8, 4) is 22.9 Å². The van der Waals surface area contributed by atoms with Crippen LogP contribution in [0.3, 0.4) is 0 Å². The third-order valence-electron chi connectivity index (χ3n) is 4.80. The second-order valence-corrected chi connectivity index (χ2v) is 8.32. The summed E-state index contributed by atoms with van der Waals surface area (Å²) in [4.78, 5) is 28.5. The highest BCUT2D eigenvalue weighted by Crippen LogP contribution is 2.51. The lowest BCUT2D eigenvalue weighted by Gasteiger charge is -2.42. The highest BCUT2D eigenvalue weighted by atomic mass is 35.5. The number of amides is 2. The Hall–Kier alpha value is -3.22. The van der Waals surface area contributed by atoms with E-state index in [9.17, 15) is 14.9 Å². The quantitative estimate of drug-likeness (QED) is 0.762. The molecule has 30 heavy (non-hydrogen) atoms. The summed E-state index contributed by atoms with van der Waals surface area (Å²) in [5.41, 5.74) is 12.1. The summed E-state index contributed by atoms with van der Waals surface area (Å²) in [6, 6.07) is 8.30. The van der Waals surface area contributed by atoms with Crippen molar-refractivity contribution in [3.63, 3.8) is 0 Å². The fourth-order valence-electron chi connectivity index (χ4n) is 3.79. The summed E-state index contributed by atoms with van der Waals surface area (Å²) in [6.45, 7) is 6.49. The van der Waals surface area contributed by atoms with E-state index in [1.807, 2.05) is 20.8 Å². The van der Waals surface area contributed by atoms with Crippen LogP contribution in [-0.4, -0.2) is 28.4 Å². The molecule has 1 unspecified atom stereocenters. The third kappa shape index (κ3) is 3.92. The third-order valence-corrected chi connectivity index (χ3v) is 5.19. The molecule has 2 heterocycles. The number of nitrogens with zero attached hydrogens (tertiary/aromatic N) is 3. The molecule has 1 aromatic heterocycles. The number of aromatic nitrogens is 1. The zero-order chi connectivity index (χ0) is 22.2. The average Bonchev–Trinajstić information content (AvgIpc) is 2.91. The van der Waals surface area contributed by atoms with E-state index in [1.165, 1.54) is 5.06 Å². The van der Waals surface area contributed by atoms with Crippen LogP contribution in [0.2, 0.25) is 5.15 Å². The molecule has 0 saturated heterocycles. The van der Waals surface area contributed by atoms with Gasteiger partial charge in [0.15, 0.2) is 5.75 Å². The number of ether oxygens (including phenoxy) is 1. The van der Waals surface area contributed by atoms with Crippen molar-refractivity contribution in [1.82, 2.24) is 9.63 Å². The lowest BCUT2D eigenvalue weighted by atomic mass is 9.83. The van der Waals surface area contributed by atoms with E-state index in [0.29, 0.717) is 40.6 Å². The number of nitriles is 1. The first-order valence-corrected chi connectivity index (χ1v) is 9.56. The van der Waals surface area contributed by atoms with E-state index in [2.05, 4.69) is 6.07 Å². The summed E-state index contributed by atoms with van der Waals surface area (Å²) >= 11 is 6.73. The Bertz CT molecular complexity index is 1050. The van der Waals surface area contributed by atoms with Crippen LogP contribution in [0.25, 0.3) is 11.1 Å². The number of hydroxylamine groups is 2. The Morgan fingerprint density at radius 2 is 1.93 bits per heavy atom. The van der Waals surface area contributed by atoms with Crippen LogP contribution < -0.4 is 16.2 Å². The maximum absolute atomic E-state index is 11.8. The molecule has 0 bridgehead atoms. The van der Waals surface area contributed by atoms with Gasteiger partial charge in [0.25, 0.3) is 0 Å². The van der Waals surface area contributed by atoms with Gasteiger partial charge in [-0.1, -0.05) is 44.5 Å². The molecule has 10 heteroatoms. The van der Waals surface area contributed by atoms with E-state index < -0.39 is 23.6 Å². The largest absolute Gasteiger partial charge is 0.423 e. The number of carbonyl (C=O) groups is 2. The van der Waals surface area contributed by atoms with Crippen LogP contribution in [0.1, 0.15) is 38.1 Å². The number of rotatable bonds is 3. The monoisotopic (exact) mass is 431 g/mol. The first kappa shape index (κ1) is 21.5. The Labute approximate surface area is 178 Å². The Kier molecular flexibility index (Phi) is 5.65. The van der Waals surface area contributed by atoms with Gasteiger partial charge in [-0.25, -0.2) is 9.59 Å². The number of fused-ring (bicyclic) bond motifs is 1. The van der Waals surface area contributed by atoms with Crippen molar-refractivity contribution >= 4 is 23.8 Å². The second kappa shape index (κ2) is 7.89. The molecule has 9 nitrogen and oxygen atoms in total. The van der Waals surface area contributed by atoms with Gasteiger partial charge in [0.2, 0.25) is 0 Å². The van der Waals surface area contributed by atoms with Gasteiger partial charge in [-0.15, -0.1) is 5.06 Å². The molecule has 0 spiro atoms. The minimum Gasteiger partial charge on any atom is -0.408 e. The zero-order valence-corrected chi connectivity index (χ0v) is 17.6. The molecular formula is C20H22ClN5O4. The van der Waals surface area contributed by atoms with E-state index in [-0.39, 0.29) is 5.75 Å². The predicted molar refractivity (Wildman–Crippen MR) is 109 cm³/mol. The van der Waals surface area contributed by atoms with Gasteiger partial charge in [0.05, 0.1) is 35.5 Å². The standard InChI is InChI=1S/C20H22ClN5O4/c1-20(2,3)16-14-15(29-18(23)27)13(12-6-4-5-11(9-12)10-22)17(21)25(14)7-8-26(16)30-19(24)28/h4-6,9,16H,7-8H2,1-3H3,(H2,23,27)(H2,24,28). The maximum Gasteiger partial charge on any atom is 0.423 e. The molecule has 0 saturated carbocycles. The van der Waals surface area contributed by atoms with Gasteiger partial charge in [-0.3, -0.25) is 0 Å². The van der Waals surface area contributed by atoms with Gasteiger partial charge in [0, 0.05) is 6.54 Å². The Morgan fingerprint density at radius 3 is 2.50 bits per heavy atom. The molecule has 1 atom stereocenters.